The van der Waals surface area contributed by atoms with Crippen LogP contribution in [0.5, 0.6) is 0 Å². The lowest BCUT2D eigenvalue weighted by molar-refractivity contribution is 0.0931. The quantitative estimate of drug-likeness (QED) is 0.580. The maximum Gasteiger partial charge on any atom is 0.268 e. The van der Waals surface area contributed by atoms with Gasteiger partial charge in [-0.1, -0.05) is 6.07 Å². The van der Waals surface area contributed by atoms with Crippen LogP contribution >= 0.6 is 0 Å². The first-order chi connectivity index (χ1) is 14.3. The van der Waals surface area contributed by atoms with Crippen molar-refractivity contribution in [2.75, 3.05) is 25.2 Å². The summed E-state index contributed by atoms with van der Waals surface area (Å²) in [6, 6.07) is 4.77. The van der Waals surface area contributed by atoms with Crippen molar-refractivity contribution in [1.29, 1.82) is 0 Å². The van der Waals surface area contributed by atoms with E-state index in [1.54, 1.807) is 30.0 Å². The van der Waals surface area contributed by atoms with Crippen LogP contribution in [0.1, 0.15) is 28.9 Å². The maximum atomic E-state index is 13.1. The molecular formula is C20H24N4O5S. The molecule has 1 aliphatic rings. The van der Waals surface area contributed by atoms with Crippen molar-refractivity contribution in [3.63, 3.8) is 0 Å². The fourth-order valence-corrected chi connectivity index (χ4v) is 5.58. The molecule has 0 spiro atoms. The number of hydrogen-bond acceptors (Lipinski definition) is 6. The number of aromatic nitrogens is 3. The number of fused-ring (bicyclic) bond motifs is 2. The molecule has 10 heteroatoms. The summed E-state index contributed by atoms with van der Waals surface area (Å²) < 4.78 is 31.8. The Morgan fingerprint density at radius 1 is 1.37 bits per heavy atom. The molecule has 0 bridgehead atoms. The van der Waals surface area contributed by atoms with Gasteiger partial charge in [0, 0.05) is 32.5 Å². The predicted molar refractivity (Wildman–Crippen MR) is 113 cm³/mol. The summed E-state index contributed by atoms with van der Waals surface area (Å²) in [5.41, 5.74) is 1.87. The molecule has 0 unspecified atom stereocenters. The zero-order valence-electron chi connectivity index (χ0n) is 16.9. The van der Waals surface area contributed by atoms with Crippen molar-refractivity contribution in [2.24, 2.45) is 0 Å². The van der Waals surface area contributed by atoms with Crippen LogP contribution in [0.15, 0.2) is 29.2 Å². The van der Waals surface area contributed by atoms with Gasteiger partial charge >= 0.3 is 0 Å². The molecule has 1 fully saturated rings. The summed E-state index contributed by atoms with van der Waals surface area (Å²) in [4.78, 5) is 30.8. The fourth-order valence-electron chi connectivity index (χ4n) is 3.91. The largest absolute Gasteiger partial charge is 0.385 e. The molecule has 0 saturated carbocycles. The van der Waals surface area contributed by atoms with E-state index in [4.69, 9.17) is 4.74 Å². The minimum atomic E-state index is -3.12. The number of nitrogens with one attached hydrogen (secondary N) is 1. The molecule has 1 aliphatic heterocycles. The van der Waals surface area contributed by atoms with Crippen LogP contribution in [0.4, 0.5) is 0 Å². The maximum absolute atomic E-state index is 13.1. The van der Waals surface area contributed by atoms with Crippen molar-refractivity contribution in [3.8, 4) is 0 Å². The summed E-state index contributed by atoms with van der Waals surface area (Å²) >= 11 is 0. The van der Waals surface area contributed by atoms with Gasteiger partial charge in [0.05, 0.1) is 16.9 Å². The molecule has 9 nitrogen and oxygen atoms in total. The minimum Gasteiger partial charge on any atom is -0.385 e. The predicted octanol–water partition coefficient (Wildman–Crippen LogP) is 0.911. The third kappa shape index (κ3) is 3.72. The van der Waals surface area contributed by atoms with Gasteiger partial charge in [0.25, 0.3) is 11.5 Å². The lowest BCUT2D eigenvalue weighted by Crippen LogP contribution is -2.36. The van der Waals surface area contributed by atoms with Crippen LogP contribution in [0.25, 0.3) is 16.7 Å². The van der Waals surface area contributed by atoms with E-state index in [9.17, 15) is 18.0 Å². The number of carbonyl (C=O) groups excluding carboxylic acids is 1. The Labute approximate surface area is 173 Å². The van der Waals surface area contributed by atoms with Crippen LogP contribution in [0, 0.1) is 6.92 Å². The highest BCUT2D eigenvalue weighted by molar-refractivity contribution is 7.91. The molecule has 1 atom stereocenters. The second-order valence-corrected chi connectivity index (χ2v) is 9.87. The Hall–Kier alpha value is -2.72. The van der Waals surface area contributed by atoms with E-state index >= 15 is 0 Å². The first-order valence-electron chi connectivity index (χ1n) is 9.82. The molecule has 0 radical (unpaired) electrons. The standard InChI is InChI=1S/C20H24N4O5S/c1-13-5-3-7-24-17(13)22-18-15(20(24)26)11-16(23(18)8-4-9-29-2)19(25)21-14-6-10-30(27,28)12-14/h3,5,7,11,14H,4,6,8-10,12H2,1-2H3,(H,21,25)/t14-/m0/s1. The molecular weight excluding hydrogens is 408 g/mol. The van der Waals surface area contributed by atoms with Gasteiger partial charge in [-0.3, -0.25) is 14.0 Å². The molecule has 3 aromatic heterocycles. The summed E-state index contributed by atoms with van der Waals surface area (Å²) in [5.74, 6) is -0.396. The average Bonchev–Trinajstić information content (AvgIpc) is 3.23. The number of nitrogens with zero attached hydrogens (tertiary/aromatic N) is 3. The van der Waals surface area contributed by atoms with Crippen LogP contribution in [-0.2, 0) is 21.1 Å². The first kappa shape index (κ1) is 20.5. The second-order valence-electron chi connectivity index (χ2n) is 7.64. The summed E-state index contributed by atoms with van der Waals surface area (Å²) in [6.07, 6.45) is 2.68. The molecule has 1 saturated heterocycles. The number of methoxy groups -OCH3 is 1. The van der Waals surface area contributed by atoms with Crippen LogP contribution in [0.3, 0.4) is 0 Å². The smallest absolute Gasteiger partial charge is 0.268 e. The molecule has 4 heterocycles. The SMILES string of the molecule is COCCCn1c(C(=O)N[C@H]2CCS(=O)(=O)C2)cc2c(=O)n3cccc(C)c3nc21. The average molecular weight is 433 g/mol. The van der Waals surface area contributed by atoms with Gasteiger partial charge in [-0.05, 0) is 37.5 Å². The molecule has 4 rings (SSSR count). The van der Waals surface area contributed by atoms with Gasteiger partial charge in [0.15, 0.2) is 9.84 Å². The number of carbonyl (C=O) groups is 1. The molecule has 1 amide bonds. The van der Waals surface area contributed by atoms with E-state index in [1.165, 1.54) is 4.40 Å². The molecule has 0 aromatic carbocycles. The number of amides is 1. The normalized spacial score (nSPS) is 18.3. The van der Waals surface area contributed by atoms with Gasteiger partial charge in [-0.15, -0.1) is 0 Å². The number of pyridine rings is 1. The molecule has 3 aromatic rings. The van der Waals surface area contributed by atoms with Crippen LogP contribution < -0.4 is 10.9 Å². The van der Waals surface area contributed by atoms with E-state index in [0.29, 0.717) is 48.4 Å². The zero-order chi connectivity index (χ0) is 21.5. The summed E-state index contributed by atoms with van der Waals surface area (Å²) in [6.45, 7) is 2.81. The number of sulfone groups is 1. The fraction of sp³-hybridized carbons (Fsp3) is 0.450. The first-order valence-corrected chi connectivity index (χ1v) is 11.6. The summed E-state index contributed by atoms with van der Waals surface area (Å²) in [5, 5.41) is 3.16. The zero-order valence-corrected chi connectivity index (χ0v) is 17.7. The lowest BCUT2D eigenvalue weighted by Gasteiger charge is -2.13. The summed E-state index contributed by atoms with van der Waals surface area (Å²) in [7, 11) is -1.52. The second kappa shape index (κ2) is 7.84. The Morgan fingerprint density at radius 3 is 2.87 bits per heavy atom. The highest BCUT2D eigenvalue weighted by Crippen LogP contribution is 2.19. The van der Waals surface area contributed by atoms with Gasteiger partial charge in [-0.25, -0.2) is 13.4 Å². The van der Waals surface area contributed by atoms with E-state index in [-0.39, 0.29) is 17.1 Å². The van der Waals surface area contributed by atoms with E-state index in [1.807, 2.05) is 13.0 Å². The van der Waals surface area contributed by atoms with Gasteiger partial charge in [-0.2, -0.15) is 0 Å². The highest BCUT2D eigenvalue weighted by Gasteiger charge is 2.30. The van der Waals surface area contributed by atoms with Crippen LogP contribution in [-0.4, -0.2) is 59.5 Å². The van der Waals surface area contributed by atoms with Gasteiger partial charge in [0.2, 0.25) is 0 Å². The lowest BCUT2D eigenvalue weighted by atomic mass is 10.2. The topological polar surface area (TPSA) is 112 Å². The molecule has 30 heavy (non-hydrogen) atoms. The van der Waals surface area contributed by atoms with E-state index in [2.05, 4.69) is 10.3 Å². The molecule has 0 aliphatic carbocycles. The van der Waals surface area contributed by atoms with Crippen molar-refractivity contribution < 1.29 is 17.9 Å². The van der Waals surface area contributed by atoms with E-state index in [0.717, 1.165) is 5.56 Å². The Kier molecular flexibility index (Phi) is 5.37. The Bertz CT molecular complexity index is 1290. The molecule has 1 N–H and O–H groups in total. The highest BCUT2D eigenvalue weighted by atomic mass is 32.2. The number of rotatable bonds is 6. The van der Waals surface area contributed by atoms with Gasteiger partial charge < -0.3 is 14.6 Å². The third-order valence-electron chi connectivity index (χ3n) is 5.42. The Morgan fingerprint density at radius 2 is 2.17 bits per heavy atom. The number of aryl methyl sites for hydroxylation is 2. The van der Waals surface area contributed by atoms with Crippen molar-refractivity contribution >= 4 is 32.4 Å². The van der Waals surface area contributed by atoms with Crippen LogP contribution in [0.2, 0.25) is 0 Å². The van der Waals surface area contributed by atoms with Crippen molar-refractivity contribution in [1.82, 2.24) is 19.3 Å². The monoisotopic (exact) mass is 432 g/mol. The van der Waals surface area contributed by atoms with Crippen molar-refractivity contribution in [3.05, 3.63) is 46.0 Å². The third-order valence-corrected chi connectivity index (χ3v) is 7.19. The number of hydrogen-bond donors (Lipinski definition) is 1. The van der Waals surface area contributed by atoms with Crippen molar-refractivity contribution in [2.45, 2.75) is 32.4 Å². The minimum absolute atomic E-state index is 0.0629. The number of ether oxygens (including phenoxy) is 1. The van der Waals surface area contributed by atoms with Gasteiger partial charge in [0.1, 0.15) is 17.0 Å². The Balaban J connectivity index is 1.81. The van der Waals surface area contributed by atoms with E-state index < -0.39 is 21.8 Å². The molecule has 160 valence electrons.